The van der Waals surface area contributed by atoms with E-state index in [-0.39, 0.29) is 17.3 Å². The summed E-state index contributed by atoms with van der Waals surface area (Å²) in [5, 5.41) is 11.0. The molecule has 1 saturated carbocycles. The van der Waals surface area contributed by atoms with Gasteiger partial charge in [0.25, 0.3) is 0 Å². The lowest BCUT2D eigenvalue weighted by Crippen LogP contribution is -2.22. The number of rotatable bonds is 2. The van der Waals surface area contributed by atoms with E-state index in [9.17, 15) is 9.50 Å². The van der Waals surface area contributed by atoms with Gasteiger partial charge in [-0.05, 0) is 37.8 Å². The van der Waals surface area contributed by atoms with Crippen LogP contribution in [0, 0.1) is 11.7 Å². The number of halogens is 1. The molecule has 1 heterocycles. The van der Waals surface area contributed by atoms with Crippen LogP contribution in [-0.4, -0.2) is 5.11 Å². The molecule has 2 aromatic rings. The Morgan fingerprint density at radius 1 is 1.44 bits per heavy atom. The number of benzene rings is 1. The predicted octanol–water partition coefficient (Wildman–Crippen LogP) is 3.19. The van der Waals surface area contributed by atoms with Crippen molar-refractivity contribution in [1.29, 1.82) is 0 Å². The molecule has 16 heavy (non-hydrogen) atoms. The monoisotopic (exact) mass is 220 g/mol. The van der Waals surface area contributed by atoms with Gasteiger partial charge in [-0.25, -0.2) is 4.39 Å². The van der Waals surface area contributed by atoms with Crippen LogP contribution in [0.3, 0.4) is 0 Å². The van der Waals surface area contributed by atoms with Crippen molar-refractivity contribution in [2.75, 3.05) is 0 Å². The standard InChI is InChI=1S/C13H13FO2/c1-13(15,9-5-6-9)11-7-8-3-2-4-10(14)12(8)16-11/h2-4,7,9,15H,5-6H2,1H3. The molecule has 0 amide bonds. The van der Waals surface area contributed by atoms with E-state index in [1.165, 1.54) is 6.07 Å². The second-order valence-corrected chi connectivity index (χ2v) is 4.69. The molecule has 1 aromatic heterocycles. The molecule has 84 valence electrons. The summed E-state index contributed by atoms with van der Waals surface area (Å²) in [4.78, 5) is 0. The topological polar surface area (TPSA) is 33.4 Å². The van der Waals surface area contributed by atoms with E-state index in [0.29, 0.717) is 11.1 Å². The Hall–Kier alpha value is -1.35. The van der Waals surface area contributed by atoms with Crippen molar-refractivity contribution < 1.29 is 13.9 Å². The first-order valence-corrected chi connectivity index (χ1v) is 5.50. The van der Waals surface area contributed by atoms with Crippen molar-refractivity contribution in [3.63, 3.8) is 0 Å². The molecule has 3 rings (SSSR count). The highest BCUT2D eigenvalue weighted by Gasteiger charge is 2.43. The lowest BCUT2D eigenvalue weighted by atomic mass is 9.97. The van der Waals surface area contributed by atoms with Crippen LogP contribution in [0.1, 0.15) is 25.5 Å². The van der Waals surface area contributed by atoms with Crippen LogP contribution in [0.25, 0.3) is 11.0 Å². The van der Waals surface area contributed by atoms with Gasteiger partial charge in [-0.15, -0.1) is 0 Å². The first kappa shape index (κ1) is 9.85. The van der Waals surface area contributed by atoms with Crippen molar-refractivity contribution in [3.8, 4) is 0 Å². The van der Waals surface area contributed by atoms with E-state index in [4.69, 9.17) is 4.42 Å². The molecule has 0 radical (unpaired) electrons. The van der Waals surface area contributed by atoms with Crippen LogP contribution >= 0.6 is 0 Å². The number of fused-ring (bicyclic) bond motifs is 1. The Morgan fingerprint density at radius 2 is 2.19 bits per heavy atom. The van der Waals surface area contributed by atoms with Crippen molar-refractivity contribution in [2.45, 2.75) is 25.4 Å². The summed E-state index contributed by atoms with van der Waals surface area (Å²) >= 11 is 0. The first-order chi connectivity index (χ1) is 7.59. The molecule has 1 atom stereocenters. The average molecular weight is 220 g/mol. The van der Waals surface area contributed by atoms with Crippen LogP contribution in [0.2, 0.25) is 0 Å². The third kappa shape index (κ3) is 1.35. The maximum absolute atomic E-state index is 13.4. The van der Waals surface area contributed by atoms with Gasteiger partial charge in [-0.1, -0.05) is 12.1 Å². The minimum atomic E-state index is -0.967. The van der Waals surface area contributed by atoms with Crippen molar-refractivity contribution >= 4 is 11.0 Å². The molecule has 1 unspecified atom stereocenters. The highest BCUT2D eigenvalue weighted by molar-refractivity contribution is 5.78. The second-order valence-electron chi connectivity index (χ2n) is 4.69. The number of hydrogen-bond acceptors (Lipinski definition) is 2. The van der Waals surface area contributed by atoms with E-state index >= 15 is 0 Å². The van der Waals surface area contributed by atoms with Crippen LogP contribution in [0.4, 0.5) is 4.39 Å². The fourth-order valence-corrected chi connectivity index (χ4v) is 2.12. The summed E-state index contributed by atoms with van der Waals surface area (Å²) in [7, 11) is 0. The lowest BCUT2D eigenvalue weighted by Gasteiger charge is -2.19. The number of furan rings is 1. The number of para-hydroxylation sites is 1. The molecule has 0 bridgehead atoms. The van der Waals surface area contributed by atoms with E-state index in [0.717, 1.165) is 12.8 Å². The van der Waals surface area contributed by atoms with Gasteiger partial charge in [0, 0.05) is 5.39 Å². The van der Waals surface area contributed by atoms with E-state index < -0.39 is 5.60 Å². The van der Waals surface area contributed by atoms with Crippen molar-refractivity contribution in [3.05, 3.63) is 35.8 Å². The molecule has 1 fully saturated rings. The summed E-state index contributed by atoms with van der Waals surface area (Å²) in [6, 6.07) is 6.52. The Bertz CT molecular complexity index is 538. The molecular formula is C13H13FO2. The maximum atomic E-state index is 13.4. The lowest BCUT2D eigenvalue weighted by molar-refractivity contribution is 0.0126. The third-order valence-electron chi connectivity index (χ3n) is 3.37. The quantitative estimate of drug-likeness (QED) is 0.843. The molecule has 1 aromatic carbocycles. The molecule has 2 nitrogen and oxygen atoms in total. The van der Waals surface area contributed by atoms with Gasteiger partial charge in [0.2, 0.25) is 0 Å². The van der Waals surface area contributed by atoms with Gasteiger partial charge >= 0.3 is 0 Å². The number of aliphatic hydroxyl groups is 1. The fraction of sp³-hybridized carbons (Fsp3) is 0.385. The molecule has 3 heteroatoms. The molecular weight excluding hydrogens is 207 g/mol. The molecule has 0 aliphatic heterocycles. The molecule has 0 spiro atoms. The zero-order chi connectivity index (χ0) is 11.3. The summed E-state index contributed by atoms with van der Waals surface area (Å²) < 4.78 is 18.9. The van der Waals surface area contributed by atoms with E-state index in [1.807, 2.05) is 0 Å². The van der Waals surface area contributed by atoms with Gasteiger partial charge in [0.1, 0.15) is 11.4 Å². The normalized spacial score (nSPS) is 19.9. The maximum Gasteiger partial charge on any atom is 0.170 e. The van der Waals surface area contributed by atoms with Crippen molar-refractivity contribution in [1.82, 2.24) is 0 Å². The van der Waals surface area contributed by atoms with Crippen LogP contribution < -0.4 is 0 Å². The van der Waals surface area contributed by atoms with Gasteiger partial charge in [-0.3, -0.25) is 0 Å². The minimum absolute atomic E-state index is 0.235. The second kappa shape index (κ2) is 3.08. The largest absolute Gasteiger partial charge is 0.455 e. The van der Waals surface area contributed by atoms with Gasteiger partial charge in [0.05, 0.1) is 0 Å². The highest BCUT2D eigenvalue weighted by atomic mass is 19.1. The SMILES string of the molecule is CC(O)(c1cc2cccc(F)c2o1)C1CC1. The minimum Gasteiger partial charge on any atom is -0.455 e. The van der Waals surface area contributed by atoms with Crippen LogP contribution in [0.15, 0.2) is 28.7 Å². The van der Waals surface area contributed by atoms with E-state index in [2.05, 4.69) is 0 Å². The Morgan fingerprint density at radius 3 is 2.81 bits per heavy atom. The number of hydrogen-bond donors (Lipinski definition) is 1. The molecule has 1 aliphatic rings. The molecule has 1 aliphatic carbocycles. The molecule has 1 N–H and O–H groups in total. The predicted molar refractivity (Wildman–Crippen MR) is 58.5 cm³/mol. The van der Waals surface area contributed by atoms with Gasteiger partial charge < -0.3 is 9.52 Å². The summed E-state index contributed by atoms with van der Waals surface area (Å²) in [5.74, 6) is 0.335. The molecule has 0 saturated heterocycles. The summed E-state index contributed by atoms with van der Waals surface area (Å²) in [6.45, 7) is 1.74. The van der Waals surface area contributed by atoms with Crippen molar-refractivity contribution in [2.24, 2.45) is 5.92 Å². The van der Waals surface area contributed by atoms with Gasteiger partial charge in [0.15, 0.2) is 11.4 Å². The fourth-order valence-electron chi connectivity index (χ4n) is 2.12. The smallest absolute Gasteiger partial charge is 0.170 e. The zero-order valence-electron chi connectivity index (χ0n) is 9.03. The first-order valence-electron chi connectivity index (χ1n) is 5.50. The summed E-state index contributed by atoms with van der Waals surface area (Å²) in [5.41, 5.74) is -0.732. The zero-order valence-corrected chi connectivity index (χ0v) is 9.03. The van der Waals surface area contributed by atoms with Crippen LogP contribution in [-0.2, 0) is 5.60 Å². The van der Waals surface area contributed by atoms with Gasteiger partial charge in [-0.2, -0.15) is 0 Å². The average Bonchev–Trinajstić information content (AvgIpc) is 2.99. The Balaban J connectivity index is 2.15. The highest BCUT2D eigenvalue weighted by Crippen LogP contribution is 2.46. The third-order valence-corrected chi connectivity index (χ3v) is 3.37. The Labute approximate surface area is 92.7 Å². The summed E-state index contributed by atoms with van der Waals surface area (Å²) in [6.07, 6.45) is 2.01. The van der Waals surface area contributed by atoms with E-state index in [1.54, 1.807) is 25.1 Å². The van der Waals surface area contributed by atoms with Crippen LogP contribution in [0.5, 0.6) is 0 Å². The Kier molecular flexibility index (Phi) is 1.89.